The number of methoxy groups -OCH3 is 2. The van der Waals surface area contributed by atoms with Gasteiger partial charge in [0, 0.05) is 18.3 Å². The fourth-order valence-corrected chi connectivity index (χ4v) is 2.89. The van der Waals surface area contributed by atoms with E-state index in [1.165, 1.54) is 7.11 Å². The standard InChI is InChI=1S/C21H23N3O3/c1-14-5-6-17(12-16(14)13-22-21(25)27-4)24-10-9-20(23-24)19-8-7-18(26-3)11-15(19)2/h5-12H,13H2,1-4H3,(H,22,25). The zero-order chi connectivity index (χ0) is 19.4. The summed E-state index contributed by atoms with van der Waals surface area (Å²) in [4.78, 5) is 11.3. The summed E-state index contributed by atoms with van der Waals surface area (Å²) >= 11 is 0. The quantitative estimate of drug-likeness (QED) is 0.742. The van der Waals surface area contributed by atoms with E-state index in [-0.39, 0.29) is 0 Å². The van der Waals surface area contributed by atoms with E-state index in [1.54, 1.807) is 7.11 Å². The number of aromatic nitrogens is 2. The molecule has 0 aliphatic heterocycles. The summed E-state index contributed by atoms with van der Waals surface area (Å²) in [5, 5.41) is 7.43. The van der Waals surface area contributed by atoms with Crippen molar-refractivity contribution in [3.05, 3.63) is 65.4 Å². The summed E-state index contributed by atoms with van der Waals surface area (Å²) in [6.07, 6.45) is 1.48. The van der Waals surface area contributed by atoms with Crippen LogP contribution in [0.25, 0.3) is 16.9 Å². The van der Waals surface area contributed by atoms with Gasteiger partial charge in [-0.3, -0.25) is 0 Å². The predicted molar refractivity (Wildman–Crippen MR) is 104 cm³/mol. The molecule has 1 heterocycles. The minimum absolute atomic E-state index is 0.401. The van der Waals surface area contributed by atoms with E-state index in [2.05, 4.69) is 10.1 Å². The second kappa shape index (κ2) is 7.95. The monoisotopic (exact) mass is 365 g/mol. The summed E-state index contributed by atoms with van der Waals surface area (Å²) < 4.78 is 11.7. The average molecular weight is 365 g/mol. The van der Waals surface area contributed by atoms with E-state index in [1.807, 2.05) is 67.2 Å². The normalized spacial score (nSPS) is 10.5. The summed E-state index contributed by atoms with van der Waals surface area (Å²) in [5.41, 5.74) is 6.09. The van der Waals surface area contributed by atoms with Crippen molar-refractivity contribution in [3.8, 4) is 22.7 Å². The minimum Gasteiger partial charge on any atom is -0.497 e. The second-order valence-corrected chi connectivity index (χ2v) is 6.28. The number of benzene rings is 2. The molecule has 1 amide bonds. The summed E-state index contributed by atoms with van der Waals surface area (Å²) in [7, 11) is 3.01. The Labute approximate surface area is 158 Å². The third-order valence-electron chi connectivity index (χ3n) is 4.50. The molecule has 0 radical (unpaired) electrons. The number of ether oxygens (including phenoxy) is 2. The van der Waals surface area contributed by atoms with Gasteiger partial charge in [-0.1, -0.05) is 6.07 Å². The molecule has 27 heavy (non-hydrogen) atoms. The molecular formula is C21H23N3O3. The zero-order valence-electron chi connectivity index (χ0n) is 15.9. The molecule has 3 rings (SSSR count). The highest BCUT2D eigenvalue weighted by molar-refractivity contribution is 5.67. The lowest BCUT2D eigenvalue weighted by molar-refractivity contribution is 0.170. The number of hydrogen-bond acceptors (Lipinski definition) is 4. The van der Waals surface area contributed by atoms with Gasteiger partial charge in [0.1, 0.15) is 5.75 Å². The van der Waals surface area contributed by atoms with Crippen LogP contribution in [0.1, 0.15) is 16.7 Å². The Morgan fingerprint density at radius 1 is 1.07 bits per heavy atom. The van der Waals surface area contributed by atoms with Gasteiger partial charge in [0.05, 0.1) is 25.6 Å². The number of amides is 1. The molecule has 0 unspecified atom stereocenters. The maximum Gasteiger partial charge on any atom is 0.407 e. The van der Waals surface area contributed by atoms with Gasteiger partial charge < -0.3 is 14.8 Å². The Bertz CT molecular complexity index is 963. The molecule has 0 fully saturated rings. The van der Waals surface area contributed by atoms with Gasteiger partial charge in [-0.05, 0) is 66.9 Å². The lowest BCUT2D eigenvalue weighted by atomic mass is 10.1. The first-order chi connectivity index (χ1) is 13.0. The molecule has 0 bridgehead atoms. The molecular weight excluding hydrogens is 342 g/mol. The Kier molecular flexibility index (Phi) is 5.45. The minimum atomic E-state index is -0.448. The molecule has 0 spiro atoms. The molecule has 0 atom stereocenters. The van der Waals surface area contributed by atoms with Crippen molar-refractivity contribution >= 4 is 6.09 Å². The van der Waals surface area contributed by atoms with E-state index in [0.29, 0.717) is 6.54 Å². The number of nitrogens with one attached hydrogen (secondary N) is 1. The molecule has 0 saturated heterocycles. The lowest BCUT2D eigenvalue weighted by Crippen LogP contribution is -2.22. The largest absolute Gasteiger partial charge is 0.497 e. The molecule has 6 nitrogen and oxygen atoms in total. The first-order valence-electron chi connectivity index (χ1n) is 8.64. The fraction of sp³-hybridized carbons (Fsp3) is 0.238. The van der Waals surface area contributed by atoms with Crippen molar-refractivity contribution in [2.45, 2.75) is 20.4 Å². The molecule has 0 aliphatic rings. The van der Waals surface area contributed by atoms with Crippen LogP contribution in [-0.2, 0) is 11.3 Å². The molecule has 0 aliphatic carbocycles. The topological polar surface area (TPSA) is 65.4 Å². The van der Waals surface area contributed by atoms with Crippen LogP contribution in [0.2, 0.25) is 0 Å². The van der Waals surface area contributed by atoms with Crippen LogP contribution in [-0.4, -0.2) is 30.1 Å². The summed E-state index contributed by atoms with van der Waals surface area (Å²) in [5.74, 6) is 0.831. The Balaban J connectivity index is 1.87. The van der Waals surface area contributed by atoms with E-state index >= 15 is 0 Å². The van der Waals surface area contributed by atoms with Crippen molar-refractivity contribution in [2.75, 3.05) is 14.2 Å². The first-order valence-corrected chi connectivity index (χ1v) is 8.64. The SMILES string of the molecule is COC(=O)NCc1cc(-n2ccc(-c3ccc(OC)cc3C)n2)ccc1C. The molecule has 2 aromatic carbocycles. The van der Waals surface area contributed by atoms with Gasteiger partial charge in [-0.2, -0.15) is 5.10 Å². The third kappa shape index (κ3) is 4.11. The highest BCUT2D eigenvalue weighted by atomic mass is 16.5. The Morgan fingerprint density at radius 2 is 1.89 bits per heavy atom. The van der Waals surface area contributed by atoms with Crippen LogP contribution in [0.4, 0.5) is 4.79 Å². The van der Waals surface area contributed by atoms with E-state index < -0.39 is 6.09 Å². The van der Waals surface area contributed by atoms with Crippen molar-refractivity contribution in [3.63, 3.8) is 0 Å². The van der Waals surface area contributed by atoms with Gasteiger partial charge >= 0.3 is 6.09 Å². The van der Waals surface area contributed by atoms with Gasteiger partial charge in [0.25, 0.3) is 0 Å². The smallest absolute Gasteiger partial charge is 0.407 e. The van der Waals surface area contributed by atoms with Crippen molar-refractivity contribution in [1.82, 2.24) is 15.1 Å². The molecule has 0 saturated carbocycles. The molecule has 6 heteroatoms. The Hall–Kier alpha value is -3.28. The van der Waals surface area contributed by atoms with Crippen LogP contribution in [0.3, 0.4) is 0 Å². The first kappa shape index (κ1) is 18.5. The maximum absolute atomic E-state index is 11.3. The lowest BCUT2D eigenvalue weighted by Gasteiger charge is -2.10. The van der Waals surface area contributed by atoms with Gasteiger partial charge in [0.2, 0.25) is 0 Å². The zero-order valence-corrected chi connectivity index (χ0v) is 15.9. The highest BCUT2D eigenvalue weighted by Gasteiger charge is 2.09. The molecule has 1 aromatic heterocycles. The van der Waals surface area contributed by atoms with Crippen LogP contribution < -0.4 is 10.1 Å². The van der Waals surface area contributed by atoms with Crippen LogP contribution in [0.5, 0.6) is 5.75 Å². The highest BCUT2D eigenvalue weighted by Crippen LogP contribution is 2.26. The number of hydrogen-bond donors (Lipinski definition) is 1. The summed E-state index contributed by atoms with van der Waals surface area (Å²) in [6, 6.07) is 14.0. The number of alkyl carbamates (subject to hydrolysis) is 1. The second-order valence-electron chi connectivity index (χ2n) is 6.28. The number of carbonyl (C=O) groups is 1. The van der Waals surface area contributed by atoms with Crippen molar-refractivity contribution in [2.24, 2.45) is 0 Å². The van der Waals surface area contributed by atoms with E-state index in [0.717, 1.165) is 39.4 Å². The third-order valence-corrected chi connectivity index (χ3v) is 4.50. The van der Waals surface area contributed by atoms with Crippen LogP contribution in [0.15, 0.2) is 48.7 Å². The van der Waals surface area contributed by atoms with Crippen molar-refractivity contribution < 1.29 is 14.3 Å². The van der Waals surface area contributed by atoms with Crippen LogP contribution >= 0.6 is 0 Å². The number of aryl methyl sites for hydroxylation is 2. The number of nitrogens with zero attached hydrogens (tertiary/aromatic N) is 2. The predicted octanol–water partition coefficient (Wildman–Crippen LogP) is 4.02. The van der Waals surface area contributed by atoms with Gasteiger partial charge in [-0.15, -0.1) is 0 Å². The number of carbonyl (C=O) groups excluding carboxylic acids is 1. The van der Waals surface area contributed by atoms with E-state index in [4.69, 9.17) is 9.84 Å². The molecule has 140 valence electrons. The summed E-state index contributed by atoms with van der Waals surface area (Å²) in [6.45, 7) is 4.45. The molecule has 1 N–H and O–H groups in total. The van der Waals surface area contributed by atoms with E-state index in [9.17, 15) is 4.79 Å². The van der Waals surface area contributed by atoms with Crippen LogP contribution in [0, 0.1) is 13.8 Å². The molecule has 3 aromatic rings. The van der Waals surface area contributed by atoms with Gasteiger partial charge in [-0.25, -0.2) is 9.48 Å². The maximum atomic E-state index is 11.3. The Morgan fingerprint density at radius 3 is 2.59 bits per heavy atom. The van der Waals surface area contributed by atoms with Crippen molar-refractivity contribution in [1.29, 1.82) is 0 Å². The fourth-order valence-electron chi connectivity index (χ4n) is 2.89. The van der Waals surface area contributed by atoms with Gasteiger partial charge in [0.15, 0.2) is 0 Å². The average Bonchev–Trinajstić information content (AvgIpc) is 3.16. The number of rotatable bonds is 5.